The van der Waals surface area contributed by atoms with Crippen molar-refractivity contribution in [1.29, 1.82) is 0 Å². The van der Waals surface area contributed by atoms with E-state index in [1.54, 1.807) is 22.5 Å². The molecule has 17 heavy (non-hydrogen) atoms. The average Bonchev–Trinajstić information content (AvgIpc) is 3.07. The molecule has 2 rings (SSSR count). The van der Waals surface area contributed by atoms with Crippen LogP contribution >= 0.6 is 15.9 Å². The zero-order valence-corrected chi connectivity index (χ0v) is 12.4. The number of benzene rings is 1. The van der Waals surface area contributed by atoms with Crippen LogP contribution in [0.5, 0.6) is 0 Å². The van der Waals surface area contributed by atoms with Crippen molar-refractivity contribution in [2.75, 3.05) is 6.54 Å². The molecule has 0 unspecified atom stereocenters. The second kappa shape index (κ2) is 4.71. The van der Waals surface area contributed by atoms with Gasteiger partial charge in [0.1, 0.15) is 0 Å². The quantitative estimate of drug-likeness (QED) is 0.856. The molecular formula is C12H16BrNO2S. The summed E-state index contributed by atoms with van der Waals surface area (Å²) in [6.45, 7) is 4.33. The lowest BCUT2D eigenvalue weighted by molar-refractivity contribution is 0.421. The Bertz CT molecular complexity index is 523. The smallest absolute Gasteiger partial charge is 0.207 e. The number of aryl methyl sites for hydroxylation is 1. The summed E-state index contributed by atoms with van der Waals surface area (Å²) in [5, 5.41) is 0. The van der Waals surface area contributed by atoms with Gasteiger partial charge in [-0.15, -0.1) is 0 Å². The van der Waals surface area contributed by atoms with Crippen LogP contribution in [0.4, 0.5) is 0 Å². The fourth-order valence-corrected chi connectivity index (χ4v) is 3.93. The standard InChI is InChI=1S/C12H16BrNO2S/c1-3-14(10-4-5-10)17(15,16)11-6-7-12(13)9(2)8-11/h6-8,10H,3-5H2,1-2H3. The van der Waals surface area contributed by atoms with Gasteiger partial charge < -0.3 is 0 Å². The first-order valence-electron chi connectivity index (χ1n) is 5.75. The molecule has 1 aromatic rings. The van der Waals surface area contributed by atoms with Crippen molar-refractivity contribution in [3.8, 4) is 0 Å². The van der Waals surface area contributed by atoms with Crippen molar-refractivity contribution in [2.45, 2.75) is 37.6 Å². The van der Waals surface area contributed by atoms with Gasteiger partial charge in [0.25, 0.3) is 0 Å². The van der Waals surface area contributed by atoms with Crippen LogP contribution in [0.25, 0.3) is 0 Å². The van der Waals surface area contributed by atoms with E-state index in [0.29, 0.717) is 11.4 Å². The SMILES string of the molecule is CCN(C1CC1)S(=O)(=O)c1ccc(Br)c(C)c1. The van der Waals surface area contributed by atoms with E-state index in [0.717, 1.165) is 22.9 Å². The molecule has 0 radical (unpaired) electrons. The molecule has 0 aromatic heterocycles. The Kier molecular flexibility index (Phi) is 3.61. The average molecular weight is 318 g/mol. The molecule has 0 amide bonds. The van der Waals surface area contributed by atoms with Crippen LogP contribution in [-0.2, 0) is 10.0 Å². The Morgan fingerprint density at radius 2 is 2.06 bits per heavy atom. The monoisotopic (exact) mass is 317 g/mol. The minimum absolute atomic E-state index is 0.217. The lowest BCUT2D eigenvalue weighted by atomic mass is 10.2. The molecule has 1 aliphatic carbocycles. The van der Waals surface area contributed by atoms with Gasteiger partial charge in [0.2, 0.25) is 10.0 Å². The van der Waals surface area contributed by atoms with Gasteiger partial charge in [-0.1, -0.05) is 22.9 Å². The zero-order valence-electron chi connectivity index (χ0n) is 9.98. The maximum Gasteiger partial charge on any atom is 0.243 e. The summed E-state index contributed by atoms with van der Waals surface area (Å²) in [4.78, 5) is 0.395. The fourth-order valence-electron chi connectivity index (χ4n) is 1.90. The number of sulfonamides is 1. The lowest BCUT2D eigenvalue weighted by Gasteiger charge is -2.20. The Morgan fingerprint density at radius 1 is 1.41 bits per heavy atom. The Balaban J connectivity index is 2.39. The Labute approximate surface area is 111 Å². The third-order valence-corrected chi connectivity index (χ3v) is 5.92. The molecule has 1 aliphatic rings. The number of nitrogens with zero attached hydrogens (tertiary/aromatic N) is 1. The fraction of sp³-hybridized carbons (Fsp3) is 0.500. The molecule has 0 aliphatic heterocycles. The summed E-state index contributed by atoms with van der Waals surface area (Å²) in [7, 11) is -3.31. The minimum Gasteiger partial charge on any atom is -0.207 e. The van der Waals surface area contributed by atoms with Gasteiger partial charge in [-0.25, -0.2) is 8.42 Å². The normalized spacial score (nSPS) is 16.5. The summed E-state index contributed by atoms with van der Waals surface area (Å²) in [6.07, 6.45) is 1.98. The van der Waals surface area contributed by atoms with Crippen LogP contribution in [0.15, 0.2) is 27.6 Å². The van der Waals surface area contributed by atoms with Crippen molar-refractivity contribution < 1.29 is 8.42 Å². The highest BCUT2D eigenvalue weighted by Gasteiger charge is 2.36. The lowest BCUT2D eigenvalue weighted by Crippen LogP contribution is -2.32. The molecule has 5 heteroatoms. The van der Waals surface area contributed by atoms with E-state index in [9.17, 15) is 8.42 Å². The number of rotatable bonds is 4. The molecule has 0 N–H and O–H groups in total. The van der Waals surface area contributed by atoms with Gasteiger partial charge in [-0.05, 0) is 43.5 Å². The van der Waals surface area contributed by atoms with E-state index >= 15 is 0 Å². The van der Waals surface area contributed by atoms with Gasteiger partial charge in [0, 0.05) is 17.1 Å². The van der Waals surface area contributed by atoms with Crippen LogP contribution in [0.2, 0.25) is 0 Å². The van der Waals surface area contributed by atoms with Gasteiger partial charge in [0.05, 0.1) is 4.90 Å². The molecule has 0 saturated heterocycles. The first-order chi connectivity index (χ1) is 7.96. The largest absolute Gasteiger partial charge is 0.243 e. The van der Waals surface area contributed by atoms with E-state index in [-0.39, 0.29) is 6.04 Å². The summed E-state index contributed by atoms with van der Waals surface area (Å²) in [6, 6.07) is 5.40. The topological polar surface area (TPSA) is 37.4 Å². The van der Waals surface area contributed by atoms with E-state index in [1.807, 2.05) is 13.8 Å². The van der Waals surface area contributed by atoms with Crippen LogP contribution < -0.4 is 0 Å². The molecule has 94 valence electrons. The van der Waals surface area contributed by atoms with Gasteiger partial charge in [-0.3, -0.25) is 0 Å². The molecule has 0 atom stereocenters. The number of hydrogen-bond donors (Lipinski definition) is 0. The van der Waals surface area contributed by atoms with Gasteiger partial charge in [-0.2, -0.15) is 4.31 Å². The first kappa shape index (κ1) is 13.1. The van der Waals surface area contributed by atoms with E-state index in [4.69, 9.17) is 0 Å². The van der Waals surface area contributed by atoms with Crippen molar-refractivity contribution >= 4 is 26.0 Å². The van der Waals surface area contributed by atoms with E-state index in [2.05, 4.69) is 15.9 Å². The molecule has 1 fully saturated rings. The molecule has 0 spiro atoms. The highest BCUT2D eigenvalue weighted by atomic mass is 79.9. The zero-order chi connectivity index (χ0) is 12.6. The predicted molar refractivity (Wildman–Crippen MR) is 71.5 cm³/mol. The molecule has 3 nitrogen and oxygen atoms in total. The second-order valence-electron chi connectivity index (χ2n) is 4.35. The number of halogens is 1. The van der Waals surface area contributed by atoms with Crippen molar-refractivity contribution in [3.63, 3.8) is 0 Å². The predicted octanol–water partition coefficient (Wildman–Crippen LogP) is 2.93. The summed E-state index contributed by atoms with van der Waals surface area (Å²) in [5.74, 6) is 0. The third kappa shape index (κ3) is 2.56. The highest BCUT2D eigenvalue weighted by molar-refractivity contribution is 9.10. The second-order valence-corrected chi connectivity index (χ2v) is 7.10. The summed E-state index contributed by atoms with van der Waals surface area (Å²) in [5.41, 5.74) is 0.943. The van der Waals surface area contributed by atoms with Gasteiger partial charge in [0.15, 0.2) is 0 Å². The Morgan fingerprint density at radius 3 is 2.53 bits per heavy atom. The molecule has 1 aromatic carbocycles. The Hall–Kier alpha value is -0.390. The maximum atomic E-state index is 12.4. The molecular weight excluding hydrogens is 302 g/mol. The van der Waals surface area contributed by atoms with E-state index < -0.39 is 10.0 Å². The summed E-state index contributed by atoms with van der Waals surface area (Å²) < 4.78 is 27.4. The maximum absolute atomic E-state index is 12.4. The first-order valence-corrected chi connectivity index (χ1v) is 7.98. The molecule has 1 saturated carbocycles. The highest BCUT2D eigenvalue weighted by Crippen LogP contribution is 2.32. The van der Waals surface area contributed by atoms with Crippen LogP contribution in [0.3, 0.4) is 0 Å². The van der Waals surface area contributed by atoms with Gasteiger partial charge >= 0.3 is 0 Å². The number of hydrogen-bond acceptors (Lipinski definition) is 2. The molecule has 0 bridgehead atoms. The van der Waals surface area contributed by atoms with Crippen molar-refractivity contribution in [1.82, 2.24) is 4.31 Å². The van der Waals surface area contributed by atoms with Crippen LogP contribution in [-0.4, -0.2) is 25.3 Å². The van der Waals surface area contributed by atoms with Crippen LogP contribution in [0.1, 0.15) is 25.3 Å². The minimum atomic E-state index is -3.31. The van der Waals surface area contributed by atoms with Crippen molar-refractivity contribution in [2.24, 2.45) is 0 Å². The van der Waals surface area contributed by atoms with Crippen molar-refractivity contribution in [3.05, 3.63) is 28.2 Å². The van der Waals surface area contributed by atoms with Crippen LogP contribution in [0, 0.1) is 6.92 Å². The van der Waals surface area contributed by atoms with E-state index in [1.165, 1.54) is 0 Å². The summed E-state index contributed by atoms with van der Waals surface area (Å²) >= 11 is 3.38. The molecule has 0 heterocycles. The third-order valence-electron chi connectivity index (χ3n) is 3.00.